The summed E-state index contributed by atoms with van der Waals surface area (Å²) in [6.45, 7) is 2.03. The number of carbonyl (C=O) groups is 2. The van der Waals surface area contributed by atoms with Crippen LogP contribution in [0.5, 0.6) is 0 Å². The summed E-state index contributed by atoms with van der Waals surface area (Å²) in [4.78, 5) is 21.8. The number of carboxylic acid groups (broad SMARTS) is 2. The van der Waals surface area contributed by atoms with Crippen LogP contribution >= 0.6 is 0 Å². The van der Waals surface area contributed by atoms with Gasteiger partial charge in [0.25, 0.3) is 0 Å². The molecule has 0 amide bonds. The highest BCUT2D eigenvalue weighted by atomic mass is 32.2. The fourth-order valence-electron chi connectivity index (χ4n) is 1.96. The predicted octanol–water partition coefficient (Wildman–Crippen LogP) is 0.991. The maximum atomic E-state index is 12.6. The highest BCUT2D eigenvalue weighted by Gasteiger charge is 2.28. The zero-order valence-electron chi connectivity index (χ0n) is 12.6. The van der Waals surface area contributed by atoms with Crippen molar-refractivity contribution in [2.24, 2.45) is 0 Å². The standard InChI is InChI=1S/C14H16N2O6S/c1-9-6-11(7-12(10(9)2)14(19)20)23(21,22)16(5-3-4-15)8-13(17)18/h6-7H,3,5,8H2,1-2H3,(H,17,18)(H,19,20). The minimum absolute atomic E-state index is 0.167. The van der Waals surface area contributed by atoms with Crippen LogP contribution in [-0.2, 0) is 14.8 Å². The molecule has 1 aromatic carbocycles. The van der Waals surface area contributed by atoms with Gasteiger partial charge < -0.3 is 10.2 Å². The lowest BCUT2D eigenvalue weighted by Gasteiger charge is -2.20. The number of nitrogens with zero attached hydrogens (tertiary/aromatic N) is 2. The van der Waals surface area contributed by atoms with Crippen molar-refractivity contribution in [3.05, 3.63) is 28.8 Å². The fraction of sp³-hybridized carbons (Fsp3) is 0.357. The SMILES string of the molecule is Cc1cc(S(=O)(=O)N(CCC#N)CC(=O)O)cc(C(=O)O)c1C. The topological polar surface area (TPSA) is 136 Å². The molecule has 9 heteroatoms. The van der Waals surface area contributed by atoms with Crippen molar-refractivity contribution in [3.8, 4) is 6.07 Å². The molecular formula is C14H16N2O6S. The van der Waals surface area contributed by atoms with Crippen molar-refractivity contribution >= 4 is 22.0 Å². The second-order valence-electron chi connectivity index (χ2n) is 4.86. The molecule has 1 rings (SSSR count). The summed E-state index contributed by atoms with van der Waals surface area (Å²) in [5, 5.41) is 26.6. The summed E-state index contributed by atoms with van der Waals surface area (Å²) < 4.78 is 25.8. The molecule has 0 aliphatic rings. The molecule has 0 aromatic heterocycles. The Bertz CT molecular complexity index is 779. The maximum Gasteiger partial charge on any atom is 0.336 e. The summed E-state index contributed by atoms with van der Waals surface area (Å²) in [6.07, 6.45) is -0.177. The van der Waals surface area contributed by atoms with Gasteiger partial charge in [-0.05, 0) is 37.1 Å². The molecule has 0 aliphatic heterocycles. The van der Waals surface area contributed by atoms with E-state index < -0.39 is 28.5 Å². The maximum absolute atomic E-state index is 12.6. The van der Waals surface area contributed by atoms with Crippen LogP contribution < -0.4 is 0 Å². The molecule has 2 N–H and O–H groups in total. The molecule has 0 saturated heterocycles. The normalized spacial score (nSPS) is 11.2. The minimum Gasteiger partial charge on any atom is -0.480 e. The lowest BCUT2D eigenvalue weighted by atomic mass is 10.0. The third-order valence-electron chi connectivity index (χ3n) is 3.29. The Balaban J connectivity index is 3.42. The van der Waals surface area contributed by atoms with Gasteiger partial charge in [0.2, 0.25) is 10.0 Å². The van der Waals surface area contributed by atoms with Gasteiger partial charge >= 0.3 is 11.9 Å². The van der Waals surface area contributed by atoms with Gasteiger partial charge in [0.05, 0.1) is 16.5 Å². The van der Waals surface area contributed by atoms with Gasteiger partial charge in [-0.1, -0.05) is 0 Å². The zero-order chi connectivity index (χ0) is 17.8. The Morgan fingerprint density at radius 2 is 1.87 bits per heavy atom. The van der Waals surface area contributed by atoms with Crippen molar-refractivity contribution in [2.75, 3.05) is 13.1 Å². The summed E-state index contributed by atoms with van der Waals surface area (Å²) in [6, 6.07) is 4.04. The van der Waals surface area contributed by atoms with Crippen molar-refractivity contribution in [3.63, 3.8) is 0 Å². The van der Waals surface area contributed by atoms with E-state index in [-0.39, 0.29) is 23.4 Å². The number of rotatable bonds is 7. The molecule has 124 valence electrons. The van der Waals surface area contributed by atoms with Crippen LogP contribution in [0.1, 0.15) is 27.9 Å². The molecule has 0 atom stereocenters. The Hall–Kier alpha value is -2.44. The minimum atomic E-state index is -4.23. The van der Waals surface area contributed by atoms with Gasteiger partial charge in [-0.2, -0.15) is 9.57 Å². The Labute approximate surface area is 133 Å². The number of carboxylic acids is 2. The van der Waals surface area contributed by atoms with E-state index in [2.05, 4.69) is 0 Å². The zero-order valence-corrected chi connectivity index (χ0v) is 13.4. The molecule has 8 nitrogen and oxygen atoms in total. The van der Waals surface area contributed by atoms with Crippen LogP contribution in [0.2, 0.25) is 0 Å². The lowest BCUT2D eigenvalue weighted by molar-refractivity contribution is -0.137. The number of aryl methyl sites for hydroxylation is 1. The first kappa shape index (κ1) is 18.6. The van der Waals surface area contributed by atoms with Gasteiger partial charge in [0.1, 0.15) is 6.54 Å². The number of hydrogen-bond acceptors (Lipinski definition) is 5. The van der Waals surface area contributed by atoms with Crippen LogP contribution in [0.3, 0.4) is 0 Å². The van der Waals surface area contributed by atoms with Gasteiger partial charge in [0, 0.05) is 13.0 Å². The van der Waals surface area contributed by atoms with E-state index in [1.807, 2.05) is 0 Å². The number of hydrogen-bond donors (Lipinski definition) is 2. The Morgan fingerprint density at radius 3 is 2.35 bits per heavy atom. The smallest absolute Gasteiger partial charge is 0.336 e. The number of aromatic carboxylic acids is 1. The second-order valence-corrected chi connectivity index (χ2v) is 6.80. The quantitative estimate of drug-likeness (QED) is 0.755. The largest absolute Gasteiger partial charge is 0.480 e. The van der Waals surface area contributed by atoms with E-state index in [1.165, 1.54) is 6.07 Å². The summed E-state index contributed by atoms with van der Waals surface area (Å²) in [5.41, 5.74) is 0.719. The van der Waals surface area contributed by atoms with Crippen molar-refractivity contribution in [2.45, 2.75) is 25.2 Å². The number of aliphatic carboxylic acids is 1. The van der Waals surface area contributed by atoms with Crippen molar-refractivity contribution < 1.29 is 28.2 Å². The molecule has 1 aromatic rings. The van der Waals surface area contributed by atoms with Crippen LogP contribution in [0, 0.1) is 25.2 Å². The Morgan fingerprint density at radius 1 is 1.26 bits per heavy atom. The molecule has 0 heterocycles. The van der Waals surface area contributed by atoms with Gasteiger partial charge in [-0.25, -0.2) is 13.2 Å². The average Bonchev–Trinajstić information content (AvgIpc) is 2.45. The van der Waals surface area contributed by atoms with E-state index in [4.69, 9.17) is 15.5 Å². The molecule has 0 saturated carbocycles. The second kappa shape index (κ2) is 7.21. The molecule has 0 spiro atoms. The van der Waals surface area contributed by atoms with Gasteiger partial charge in [0.15, 0.2) is 0 Å². The molecule has 23 heavy (non-hydrogen) atoms. The van der Waals surface area contributed by atoms with Crippen molar-refractivity contribution in [1.29, 1.82) is 5.26 Å². The highest BCUT2D eigenvalue weighted by molar-refractivity contribution is 7.89. The van der Waals surface area contributed by atoms with E-state index in [0.29, 0.717) is 15.4 Å². The first-order valence-electron chi connectivity index (χ1n) is 6.54. The number of sulfonamides is 1. The molecule has 0 bridgehead atoms. The molecule has 0 radical (unpaired) electrons. The predicted molar refractivity (Wildman–Crippen MR) is 79.5 cm³/mol. The third-order valence-corrected chi connectivity index (χ3v) is 5.12. The molecule has 0 unspecified atom stereocenters. The van der Waals surface area contributed by atoms with Crippen molar-refractivity contribution in [1.82, 2.24) is 4.31 Å². The molecular weight excluding hydrogens is 324 g/mol. The van der Waals surface area contributed by atoms with E-state index in [9.17, 15) is 18.0 Å². The van der Waals surface area contributed by atoms with E-state index in [1.54, 1.807) is 19.9 Å². The first-order chi connectivity index (χ1) is 10.6. The number of nitriles is 1. The average molecular weight is 340 g/mol. The monoisotopic (exact) mass is 340 g/mol. The summed E-state index contributed by atoms with van der Waals surface area (Å²) in [7, 11) is -4.23. The van der Waals surface area contributed by atoms with E-state index in [0.717, 1.165) is 6.07 Å². The summed E-state index contributed by atoms with van der Waals surface area (Å²) >= 11 is 0. The molecule has 0 fully saturated rings. The Kier molecular flexibility index (Phi) is 5.84. The van der Waals surface area contributed by atoms with Crippen LogP contribution in [0.4, 0.5) is 0 Å². The van der Waals surface area contributed by atoms with Crippen LogP contribution in [0.25, 0.3) is 0 Å². The van der Waals surface area contributed by atoms with Gasteiger partial charge in [-0.15, -0.1) is 0 Å². The number of benzene rings is 1. The van der Waals surface area contributed by atoms with E-state index >= 15 is 0 Å². The summed E-state index contributed by atoms with van der Waals surface area (Å²) in [5.74, 6) is -2.64. The lowest BCUT2D eigenvalue weighted by Crippen LogP contribution is -2.36. The third kappa shape index (κ3) is 4.28. The van der Waals surface area contributed by atoms with Crippen LogP contribution in [0.15, 0.2) is 17.0 Å². The van der Waals surface area contributed by atoms with Crippen LogP contribution in [-0.4, -0.2) is 48.0 Å². The fourth-order valence-corrected chi connectivity index (χ4v) is 3.46. The molecule has 0 aliphatic carbocycles. The highest BCUT2D eigenvalue weighted by Crippen LogP contribution is 2.23. The first-order valence-corrected chi connectivity index (χ1v) is 7.98. The van der Waals surface area contributed by atoms with Gasteiger partial charge in [-0.3, -0.25) is 4.79 Å².